The van der Waals surface area contributed by atoms with Gasteiger partial charge in [0.2, 0.25) is 0 Å². The molecule has 0 aromatic carbocycles. The van der Waals surface area contributed by atoms with E-state index < -0.39 is 0 Å². The quantitative estimate of drug-likeness (QED) is 0.469. The van der Waals surface area contributed by atoms with Gasteiger partial charge in [-0.25, -0.2) is 0 Å². The van der Waals surface area contributed by atoms with Gasteiger partial charge in [-0.15, -0.1) is 0 Å². The van der Waals surface area contributed by atoms with Crippen molar-refractivity contribution in [1.29, 1.82) is 0 Å². The summed E-state index contributed by atoms with van der Waals surface area (Å²) in [4.78, 5) is 0. The molecule has 10 unspecified atom stereocenters. The molecule has 13 atom stereocenters. The second kappa shape index (κ2) is 6.06. The summed E-state index contributed by atoms with van der Waals surface area (Å²) in [7, 11) is 0. The average molecular weight is 415 g/mol. The third-order valence-electron chi connectivity index (χ3n) is 12.0. The first kappa shape index (κ1) is 19.4. The van der Waals surface area contributed by atoms with Crippen molar-refractivity contribution in [1.82, 2.24) is 0 Å². The second-order valence-electron chi connectivity index (χ2n) is 13.2. The van der Waals surface area contributed by atoms with Crippen molar-refractivity contribution in [3.05, 3.63) is 0 Å². The van der Waals surface area contributed by atoms with E-state index in [-0.39, 0.29) is 11.4 Å². The van der Waals surface area contributed by atoms with E-state index in [1.807, 2.05) is 0 Å². The predicted octanol–water partition coefficient (Wildman–Crippen LogP) is 5.81. The summed E-state index contributed by atoms with van der Waals surface area (Å²) in [6.45, 7) is 10.8. The Morgan fingerprint density at radius 2 is 1.63 bits per heavy atom. The van der Waals surface area contributed by atoms with Crippen LogP contribution in [-0.2, 0) is 14.2 Å². The fourth-order valence-corrected chi connectivity index (χ4v) is 10.3. The number of fused-ring (bicyclic) bond motifs is 5. The van der Waals surface area contributed by atoms with Gasteiger partial charge in [-0.2, -0.15) is 0 Å². The van der Waals surface area contributed by atoms with Crippen LogP contribution >= 0.6 is 0 Å². The van der Waals surface area contributed by atoms with Crippen molar-refractivity contribution in [2.75, 3.05) is 6.61 Å². The van der Waals surface area contributed by atoms with E-state index >= 15 is 0 Å². The molecule has 3 aliphatic heterocycles. The van der Waals surface area contributed by atoms with Crippen molar-refractivity contribution < 1.29 is 14.2 Å². The Hall–Kier alpha value is -0.120. The largest absolute Gasteiger partial charge is 0.365 e. The lowest BCUT2D eigenvalue weighted by Gasteiger charge is -2.58. The van der Waals surface area contributed by atoms with Gasteiger partial charge in [0, 0.05) is 18.3 Å². The Bertz CT molecular complexity index is 728. The van der Waals surface area contributed by atoms with E-state index in [9.17, 15) is 0 Å². The van der Waals surface area contributed by atoms with E-state index in [4.69, 9.17) is 14.2 Å². The molecule has 4 saturated carbocycles. The molecule has 7 fully saturated rings. The van der Waals surface area contributed by atoms with Gasteiger partial charge in [0.05, 0.1) is 18.8 Å². The molecule has 0 aromatic heterocycles. The SMILES string of the molecule is CC1CCC2(OC1)OC1CC3C4CCC5CC(C)CC[C@]5(C)C4CC4O[C@]43C1[C@@H]2C. The summed E-state index contributed by atoms with van der Waals surface area (Å²) in [6.07, 6.45) is 13.1. The van der Waals surface area contributed by atoms with Gasteiger partial charge < -0.3 is 14.2 Å². The van der Waals surface area contributed by atoms with Crippen molar-refractivity contribution >= 4 is 0 Å². The van der Waals surface area contributed by atoms with Gasteiger partial charge >= 0.3 is 0 Å². The molecule has 0 amide bonds. The number of hydrogen-bond acceptors (Lipinski definition) is 3. The van der Waals surface area contributed by atoms with Crippen LogP contribution in [-0.4, -0.2) is 30.2 Å². The molecular formula is C27H42O3. The van der Waals surface area contributed by atoms with Crippen LogP contribution in [0.1, 0.15) is 85.5 Å². The zero-order chi connectivity index (χ0) is 20.5. The lowest BCUT2D eigenvalue weighted by molar-refractivity contribution is -0.271. The van der Waals surface area contributed by atoms with E-state index in [1.54, 1.807) is 0 Å². The molecule has 3 heteroatoms. The Labute approximate surface area is 183 Å². The summed E-state index contributed by atoms with van der Waals surface area (Å²) in [5, 5.41) is 0. The molecule has 0 radical (unpaired) electrons. The van der Waals surface area contributed by atoms with Gasteiger partial charge in [0.15, 0.2) is 5.79 Å². The molecule has 0 N–H and O–H groups in total. The Morgan fingerprint density at radius 1 is 0.800 bits per heavy atom. The Balaban J connectivity index is 1.17. The third kappa shape index (κ3) is 2.24. The average Bonchev–Trinajstić information content (AvgIpc) is 3.27. The lowest BCUT2D eigenvalue weighted by atomic mass is 9.46. The molecule has 168 valence electrons. The minimum absolute atomic E-state index is 0.145. The monoisotopic (exact) mass is 414 g/mol. The minimum Gasteiger partial charge on any atom is -0.365 e. The molecule has 7 rings (SSSR count). The fourth-order valence-electron chi connectivity index (χ4n) is 10.3. The van der Waals surface area contributed by atoms with Gasteiger partial charge in [-0.05, 0) is 85.9 Å². The Morgan fingerprint density at radius 3 is 2.43 bits per heavy atom. The fraction of sp³-hybridized carbons (Fsp3) is 1.00. The highest BCUT2D eigenvalue weighted by Crippen LogP contribution is 2.74. The first-order chi connectivity index (χ1) is 14.4. The maximum absolute atomic E-state index is 6.88. The van der Waals surface area contributed by atoms with Crippen molar-refractivity contribution in [3.63, 3.8) is 0 Å². The first-order valence-corrected chi connectivity index (χ1v) is 13.4. The van der Waals surface area contributed by atoms with Gasteiger partial charge in [-0.1, -0.05) is 34.1 Å². The first-order valence-electron chi connectivity index (χ1n) is 13.4. The Kier molecular flexibility index (Phi) is 3.91. The molecule has 3 saturated heterocycles. The van der Waals surface area contributed by atoms with E-state index in [0.717, 1.165) is 42.6 Å². The van der Waals surface area contributed by atoms with Crippen molar-refractivity contribution in [3.8, 4) is 0 Å². The van der Waals surface area contributed by atoms with Crippen LogP contribution in [0.3, 0.4) is 0 Å². The highest BCUT2D eigenvalue weighted by molar-refractivity contribution is 5.27. The molecule has 3 nitrogen and oxygen atoms in total. The predicted molar refractivity (Wildman–Crippen MR) is 116 cm³/mol. The molecule has 30 heavy (non-hydrogen) atoms. The van der Waals surface area contributed by atoms with Crippen molar-refractivity contribution in [2.45, 2.75) is 109 Å². The molecular weight excluding hydrogens is 372 g/mol. The van der Waals surface area contributed by atoms with Crippen LogP contribution in [0.4, 0.5) is 0 Å². The molecule has 4 aliphatic carbocycles. The number of epoxide rings is 1. The summed E-state index contributed by atoms with van der Waals surface area (Å²) in [5.41, 5.74) is 0.716. The third-order valence-corrected chi connectivity index (χ3v) is 12.0. The molecule has 7 aliphatic rings. The van der Waals surface area contributed by atoms with Crippen LogP contribution in [0.5, 0.6) is 0 Å². The minimum atomic E-state index is -0.307. The highest BCUT2D eigenvalue weighted by atomic mass is 16.7. The summed E-state index contributed by atoms with van der Waals surface area (Å²) in [6, 6.07) is 0. The number of rotatable bonds is 0. The van der Waals surface area contributed by atoms with Gasteiger partial charge in [0.1, 0.15) is 5.60 Å². The normalized spacial score (nSPS) is 66.0. The van der Waals surface area contributed by atoms with Crippen LogP contribution in [0.2, 0.25) is 0 Å². The number of hydrogen-bond donors (Lipinski definition) is 0. The zero-order valence-electron chi connectivity index (χ0n) is 19.6. The summed E-state index contributed by atoms with van der Waals surface area (Å²) in [5.74, 6) is 5.83. The smallest absolute Gasteiger partial charge is 0.171 e. The number of ether oxygens (including phenoxy) is 3. The molecule has 3 heterocycles. The van der Waals surface area contributed by atoms with Crippen molar-refractivity contribution in [2.24, 2.45) is 52.8 Å². The lowest BCUT2D eigenvalue weighted by Crippen LogP contribution is -2.54. The van der Waals surface area contributed by atoms with Crippen LogP contribution in [0.15, 0.2) is 0 Å². The summed E-state index contributed by atoms with van der Waals surface area (Å²) < 4.78 is 20.2. The topological polar surface area (TPSA) is 31.0 Å². The van der Waals surface area contributed by atoms with Gasteiger partial charge in [0.25, 0.3) is 0 Å². The van der Waals surface area contributed by atoms with E-state index in [2.05, 4.69) is 27.7 Å². The summed E-state index contributed by atoms with van der Waals surface area (Å²) >= 11 is 0. The maximum atomic E-state index is 6.88. The molecule has 2 spiro atoms. The van der Waals surface area contributed by atoms with Gasteiger partial charge in [-0.3, -0.25) is 0 Å². The van der Waals surface area contributed by atoms with Crippen LogP contribution in [0.25, 0.3) is 0 Å². The van der Waals surface area contributed by atoms with E-state index in [0.29, 0.717) is 35.4 Å². The van der Waals surface area contributed by atoms with Crippen LogP contribution < -0.4 is 0 Å². The maximum Gasteiger partial charge on any atom is 0.171 e. The van der Waals surface area contributed by atoms with E-state index in [1.165, 1.54) is 51.4 Å². The molecule has 0 bridgehead atoms. The standard InChI is InChI=1S/C27H42O3/c1-15-7-9-25(4)18(11-15)5-6-19-20(25)13-23-27(30-23)21(19)12-22-24(27)17(3)26(29-22)10-8-16(2)14-28-26/h15-24H,5-14H2,1-4H3/t15?,16?,17-,18?,19?,20?,21?,22?,23?,24?,25-,26?,27-/m0/s1. The molecule has 0 aromatic rings. The second-order valence-corrected chi connectivity index (χ2v) is 13.2. The highest BCUT2D eigenvalue weighted by Gasteiger charge is 2.80. The zero-order valence-corrected chi connectivity index (χ0v) is 19.6. The van der Waals surface area contributed by atoms with Crippen LogP contribution in [0, 0.1) is 52.8 Å².